The fourth-order valence-corrected chi connectivity index (χ4v) is 1.72. The summed E-state index contributed by atoms with van der Waals surface area (Å²) in [5.74, 6) is 1.61. The second kappa shape index (κ2) is 4.74. The summed E-state index contributed by atoms with van der Waals surface area (Å²) in [6, 6.07) is 3.85. The first-order valence-corrected chi connectivity index (χ1v) is 5.31. The van der Waals surface area contributed by atoms with Gasteiger partial charge in [0, 0.05) is 12.0 Å². The maximum Gasteiger partial charge on any atom is 0.122 e. The van der Waals surface area contributed by atoms with Crippen molar-refractivity contribution in [2.75, 3.05) is 14.2 Å². The van der Waals surface area contributed by atoms with Gasteiger partial charge < -0.3 is 14.6 Å². The molecule has 0 spiro atoms. The molecule has 0 aliphatic rings. The minimum absolute atomic E-state index is 0.535. The Morgan fingerprint density at radius 3 is 2.12 bits per heavy atom. The number of aryl methyl sites for hydroxylation is 1. The number of benzene rings is 1. The molecule has 0 amide bonds. The standard InChI is InChI=1S/C13H20O3/c1-9-6-12(16-5)10(7-11(9)15-4)8-13(2,3)14/h6-7,14H,8H2,1-5H3. The van der Waals surface area contributed by atoms with Crippen LogP contribution in [0.1, 0.15) is 25.0 Å². The molecule has 0 radical (unpaired) electrons. The third kappa shape index (κ3) is 3.14. The Labute approximate surface area is 97.0 Å². The summed E-state index contributed by atoms with van der Waals surface area (Å²) in [6.45, 7) is 5.52. The van der Waals surface area contributed by atoms with Crippen molar-refractivity contribution in [1.29, 1.82) is 0 Å². The number of methoxy groups -OCH3 is 2. The van der Waals surface area contributed by atoms with Crippen LogP contribution < -0.4 is 9.47 Å². The summed E-state index contributed by atoms with van der Waals surface area (Å²) in [7, 11) is 3.28. The maximum absolute atomic E-state index is 9.83. The van der Waals surface area contributed by atoms with E-state index in [1.807, 2.05) is 19.1 Å². The molecule has 0 heterocycles. The Kier molecular flexibility index (Phi) is 3.81. The fraction of sp³-hybridized carbons (Fsp3) is 0.538. The van der Waals surface area contributed by atoms with E-state index in [1.54, 1.807) is 28.1 Å². The van der Waals surface area contributed by atoms with Gasteiger partial charge in [-0.2, -0.15) is 0 Å². The molecule has 0 saturated carbocycles. The predicted octanol–water partition coefficient (Wildman–Crippen LogP) is 2.33. The minimum atomic E-state index is -0.756. The van der Waals surface area contributed by atoms with Crippen molar-refractivity contribution in [3.8, 4) is 11.5 Å². The first-order valence-electron chi connectivity index (χ1n) is 5.31. The number of aliphatic hydroxyl groups is 1. The van der Waals surface area contributed by atoms with Gasteiger partial charge >= 0.3 is 0 Å². The normalized spacial score (nSPS) is 11.4. The van der Waals surface area contributed by atoms with Crippen LogP contribution in [0.4, 0.5) is 0 Å². The van der Waals surface area contributed by atoms with E-state index in [2.05, 4.69) is 0 Å². The number of hydrogen-bond donors (Lipinski definition) is 1. The lowest BCUT2D eigenvalue weighted by Crippen LogP contribution is -2.22. The van der Waals surface area contributed by atoms with E-state index in [1.165, 1.54) is 0 Å². The molecule has 0 aromatic heterocycles. The molecule has 3 heteroatoms. The molecular weight excluding hydrogens is 204 g/mol. The predicted molar refractivity (Wildman–Crippen MR) is 64.3 cm³/mol. The summed E-state index contributed by atoms with van der Waals surface area (Å²) in [5.41, 5.74) is 1.23. The van der Waals surface area contributed by atoms with E-state index >= 15 is 0 Å². The Balaban J connectivity index is 3.15. The average Bonchev–Trinajstić information content (AvgIpc) is 2.18. The van der Waals surface area contributed by atoms with Crippen molar-refractivity contribution in [2.45, 2.75) is 32.8 Å². The maximum atomic E-state index is 9.83. The van der Waals surface area contributed by atoms with Crippen molar-refractivity contribution in [2.24, 2.45) is 0 Å². The molecule has 1 aromatic carbocycles. The summed E-state index contributed by atoms with van der Waals surface area (Å²) < 4.78 is 10.6. The van der Waals surface area contributed by atoms with Gasteiger partial charge in [0.25, 0.3) is 0 Å². The molecule has 0 aliphatic carbocycles. The van der Waals surface area contributed by atoms with E-state index < -0.39 is 5.60 Å². The number of rotatable bonds is 4. The average molecular weight is 224 g/mol. The van der Waals surface area contributed by atoms with Gasteiger partial charge in [-0.1, -0.05) is 0 Å². The summed E-state index contributed by atoms with van der Waals surface area (Å²) in [5, 5.41) is 9.83. The highest BCUT2D eigenvalue weighted by Gasteiger charge is 2.18. The Morgan fingerprint density at radius 1 is 1.12 bits per heavy atom. The van der Waals surface area contributed by atoms with E-state index in [4.69, 9.17) is 9.47 Å². The number of hydrogen-bond acceptors (Lipinski definition) is 3. The Morgan fingerprint density at radius 2 is 1.69 bits per heavy atom. The third-order valence-corrected chi connectivity index (χ3v) is 2.42. The van der Waals surface area contributed by atoms with Gasteiger partial charge in [0.1, 0.15) is 11.5 Å². The molecule has 1 N–H and O–H groups in total. The van der Waals surface area contributed by atoms with Gasteiger partial charge in [-0.05, 0) is 38.5 Å². The Hall–Kier alpha value is -1.22. The van der Waals surface area contributed by atoms with Crippen molar-refractivity contribution in [1.82, 2.24) is 0 Å². The van der Waals surface area contributed by atoms with Crippen LogP contribution in [0.3, 0.4) is 0 Å². The summed E-state index contributed by atoms with van der Waals surface area (Å²) in [4.78, 5) is 0. The summed E-state index contributed by atoms with van der Waals surface area (Å²) in [6.07, 6.45) is 0.535. The topological polar surface area (TPSA) is 38.7 Å². The first-order chi connectivity index (χ1) is 7.37. The molecule has 1 aromatic rings. The molecular formula is C13H20O3. The van der Waals surface area contributed by atoms with E-state index in [0.717, 1.165) is 22.6 Å². The highest BCUT2D eigenvalue weighted by atomic mass is 16.5. The number of ether oxygens (including phenoxy) is 2. The molecule has 90 valence electrons. The smallest absolute Gasteiger partial charge is 0.122 e. The zero-order valence-corrected chi connectivity index (χ0v) is 10.6. The molecule has 0 aliphatic heterocycles. The largest absolute Gasteiger partial charge is 0.496 e. The minimum Gasteiger partial charge on any atom is -0.496 e. The molecule has 3 nitrogen and oxygen atoms in total. The quantitative estimate of drug-likeness (QED) is 0.853. The van der Waals surface area contributed by atoms with Gasteiger partial charge in [-0.15, -0.1) is 0 Å². The van der Waals surface area contributed by atoms with Gasteiger partial charge in [0.2, 0.25) is 0 Å². The van der Waals surface area contributed by atoms with Crippen molar-refractivity contribution in [3.05, 3.63) is 23.3 Å². The SMILES string of the molecule is COc1cc(CC(C)(C)O)c(OC)cc1C. The Bertz CT molecular complexity index is 364. The fourth-order valence-electron chi connectivity index (χ4n) is 1.72. The molecule has 0 unspecified atom stereocenters. The van der Waals surface area contributed by atoms with Gasteiger partial charge in [0.05, 0.1) is 19.8 Å². The molecule has 0 bridgehead atoms. The first kappa shape index (κ1) is 12.8. The molecule has 0 atom stereocenters. The van der Waals surface area contributed by atoms with E-state index in [0.29, 0.717) is 6.42 Å². The molecule has 0 fully saturated rings. The third-order valence-electron chi connectivity index (χ3n) is 2.42. The van der Waals surface area contributed by atoms with Crippen molar-refractivity contribution in [3.63, 3.8) is 0 Å². The van der Waals surface area contributed by atoms with Gasteiger partial charge in [0.15, 0.2) is 0 Å². The lowest BCUT2D eigenvalue weighted by molar-refractivity contribution is 0.0802. The van der Waals surface area contributed by atoms with Crippen LogP contribution in [-0.4, -0.2) is 24.9 Å². The van der Waals surface area contributed by atoms with E-state index in [9.17, 15) is 5.11 Å². The van der Waals surface area contributed by atoms with Crippen LogP contribution in [0.25, 0.3) is 0 Å². The van der Waals surface area contributed by atoms with Gasteiger partial charge in [-0.25, -0.2) is 0 Å². The molecule has 0 saturated heterocycles. The van der Waals surface area contributed by atoms with Gasteiger partial charge in [-0.3, -0.25) is 0 Å². The van der Waals surface area contributed by atoms with Crippen LogP contribution in [0.5, 0.6) is 11.5 Å². The van der Waals surface area contributed by atoms with E-state index in [-0.39, 0.29) is 0 Å². The zero-order valence-electron chi connectivity index (χ0n) is 10.6. The second-order valence-electron chi connectivity index (χ2n) is 4.62. The van der Waals surface area contributed by atoms with Crippen LogP contribution in [0, 0.1) is 6.92 Å². The van der Waals surface area contributed by atoms with Crippen LogP contribution in [0.2, 0.25) is 0 Å². The highest BCUT2D eigenvalue weighted by molar-refractivity contribution is 5.46. The highest BCUT2D eigenvalue weighted by Crippen LogP contribution is 2.30. The van der Waals surface area contributed by atoms with Crippen LogP contribution >= 0.6 is 0 Å². The molecule has 1 rings (SSSR count). The molecule has 16 heavy (non-hydrogen) atoms. The monoisotopic (exact) mass is 224 g/mol. The lowest BCUT2D eigenvalue weighted by Gasteiger charge is -2.20. The lowest BCUT2D eigenvalue weighted by atomic mass is 9.96. The van der Waals surface area contributed by atoms with Crippen molar-refractivity contribution < 1.29 is 14.6 Å². The van der Waals surface area contributed by atoms with Crippen molar-refractivity contribution >= 4 is 0 Å². The zero-order chi connectivity index (χ0) is 12.3. The second-order valence-corrected chi connectivity index (χ2v) is 4.62. The van der Waals surface area contributed by atoms with Crippen LogP contribution in [-0.2, 0) is 6.42 Å². The van der Waals surface area contributed by atoms with Crippen LogP contribution in [0.15, 0.2) is 12.1 Å². The summed E-state index contributed by atoms with van der Waals surface area (Å²) >= 11 is 0.